The Bertz CT molecular complexity index is 1570. The Labute approximate surface area is 382 Å². The summed E-state index contributed by atoms with van der Waals surface area (Å²) in [5.74, 6) is 5.54. The number of alkyl halides is 1. The Morgan fingerprint density at radius 1 is 0.619 bits per heavy atom. The molecule has 10 heteroatoms. The molecule has 8 aliphatic rings. The number of aliphatic hydroxyl groups is 4. The first-order chi connectivity index (χ1) is 30.2. The summed E-state index contributed by atoms with van der Waals surface area (Å²) < 4.78 is 15.5. The number of fused-ring (bicyclic) bond motifs is 10. The number of carbonyl (C=O) groups excluding carboxylic acids is 1. The number of rotatable bonds is 10. The van der Waals surface area contributed by atoms with Crippen LogP contribution in [0.15, 0.2) is 0 Å². The molecule has 0 spiro atoms. The number of carbonyl (C=O) groups is 2. The molecule has 8 aliphatic carbocycles. The fraction of sp³-hybridized carbons (Fsp3) is 0.962. The fourth-order valence-corrected chi connectivity index (χ4v) is 19.0. The lowest BCUT2D eigenvalue weighted by Crippen LogP contribution is -2.62. The minimum atomic E-state index is -1.00. The molecule has 0 heterocycles. The van der Waals surface area contributed by atoms with Gasteiger partial charge >= 0.3 is 5.97 Å². The molecule has 0 radical (unpaired) electrons. The molecule has 0 aromatic heterocycles. The van der Waals surface area contributed by atoms with E-state index < -0.39 is 13.1 Å². The number of carboxylic acids is 1. The van der Waals surface area contributed by atoms with Crippen molar-refractivity contribution < 1.29 is 46.1 Å². The summed E-state index contributed by atoms with van der Waals surface area (Å²) in [5, 5.41) is 62.3. The third kappa shape index (κ3) is 8.96. The van der Waals surface area contributed by atoms with Gasteiger partial charge in [-0.05, 0) is 207 Å². The predicted octanol–water partition coefficient (Wildman–Crippen LogP) is 10.2. The third-order valence-electron chi connectivity index (χ3n) is 22.1. The van der Waals surface area contributed by atoms with Crippen LogP contribution in [-0.2, 0) is 9.59 Å². The Hall–Kier alpha value is -1.33. The smallest absolute Gasteiger partial charge is 0.303 e. The lowest BCUT2D eigenvalue weighted by atomic mass is 9.41. The molecular weight excluding hydrogens is 798 g/mol. The molecule has 63 heavy (non-hydrogen) atoms. The SMILES string of the molecule is CC[C@H]1[C@@H](O)C2C3CCC([C@H](C)CCC(=O)NO)[C@@]3(C)CCC2[C@@]2(C)CC[C@@H](O)C[C@@H]12.CC[C@H]1[C@@H](O)C2C3CCC([C@H](C)CCC(=O)O)[C@@]3(C)CCC2[C@@]2(C)CC[C@@H](O)C[C@@H]12.[2H]CF. The highest BCUT2D eigenvalue weighted by Crippen LogP contribution is 2.71. The summed E-state index contributed by atoms with van der Waals surface area (Å²) in [6, 6.07) is 0. The van der Waals surface area contributed by atoms with Crippen LogP contribution in [0.4, 0.5) is 4.39 Å². The Morgan fingerprint density at radius 3 is 1.35 bits per heavy atom. The minimum Gasteiger partial charge on any atom is -0.481 e. The highest BCUT2D eigenvalue weighted by Gasteiger charge is 2.66. The second-order valence-corrected chi connectivity index (χ2v) is 24.2. The fourth-order valence-electron chi connectivity index (χ4n) is 19.0. The largest absolute Gasteiger partial charge is 0.481 e. The predicted molar refractivity (Wildman–Crippen MR) is 245 cm³/mol. The number of hydroxylamine groups is 1. The summed E-state index contributed by atoms with van der Waals surface area (Å²) in [6.45, 7) is 18.9. The zero-order valence-corrected chi connectivity index (χ0v) is 40.6. The molecule has 0 saturated heterocycles. The molecule has 8 unspecified atom stereocenters. The second kappa shape index (κ2) is 20.1. The van der Waals surface area contributed by atoms with Gasteiger partial charge in [-0.1, -0.05) is 68.2 Å². The molecule has 8 rings (SSSR count). The number of aliphatic carboxylic acids is 1. The van der Waals surface area contributed by atoms with E-state index in [0.717, 1.165) is 64.2 Å². The zero-order chi connectivity index (χ0) is 47.1. The van der Waals surface area contributed by atoms with Crippen LogP contribution in [0.3, 0.4) is 0 Å². The van der Waals surface area contributed by atoms with Gasteiger partial charge in [0.25, 0.3) is 0 Å². The molecule has 1 amide bonds. The average molecular weight is 891 g/mol. The van der Waals surface area contributed by atoms with Crippen LogP contribution in [-0.4, -0.2) is 74.2 Å². The van der Waals surface area contributed by atoms with Crippen molar-refractivity contribution in [2.45, 2.75) is 208 Å². The molecular formula is C53H92FNO8. The van der Waals surface area contributed by atoms with Gasteiger partial charge in [-0.15, -0.1) is 0 Å². The number of carboxylic acid groups (broad SMARTS) is 1. The highest BCUT2D eigenvalue weighted by molar-refractivity contribution is 5.74. The number of nitrogens with one attached hydrogen (secondary N) is 1. The van der Waals surface area contributed by atoms with Crippen molar-refractivity contribution >= 4 is 11.9 Å². The Kier molecular flexibility index (Phi) is 15.8. The summed E-state index contributed by atoms with van der Waals surface area (Å²) in [5.41, 5.74) is 2.73. The van der Waals surface area contributed by atoms with E-state index in [9.17, 15) is 34.4 Å². The van der Waals surface area contributed by atoms with Crippen LogP contribution in [0.25, 0.3) is 0 Å². The third-order valence-corrected chi connectivity index (χ3v) is 22.1. The second-order valence-electron chi connectivity index (χ2n) is 24.2. The van der Waals surface area contributed by atoms with Crippen molar-refractivity contribution in [1.82, 2.24) is 5.48 Å². The molecule has 0 aromatic rings. The highest BCUT2D eigenvalue weighted by atomic mass is 19.1. The molecule has 364 valence electrons. The van der Waals surface area contributed by atoms with Crippen LogP contribution >= 0.6 is 0 Å². The van der Waals surface area contributed by atoms with E-state index in [1.165, 1.54) is 51.4 Å². The first-order valence-electron chi connectivity index (χ1n) is 26.6. The van der Waals surface area contributed by atoms with E-state index in [1.807, 2.05) is 0 Å². The molecule has 0 bridgehead atoms. The lowest BCUT2D eigenvalue weighted by Gasteiger charge is -2.64. The number of hydrogen-bond acceptors (Lipinski definition) is 7. The van der Waals surface area contributed by atoms with Gasteiger partial charge < -0.3 is 25.5 Å². The van der Waals surface area contributed by atoms with E-state index in [4.69, 9.17) is 11.7 Å². The first-order valence-corrected chi connectivity index (χ1v) is 25.9. The lowest BCUT2D eigenvalue weighted by molar-refractivity contribution is -0.203. The van der Waals surface area contributed by atoms with Gasteiger partial charge in [0, 0.05) is 12.8 Å². The van der Waals surface area contributed by atoms with Gasteiger partial charge in [-0.3, -0.25) is 19.2 Å². The van der Waals surface area contributed by atoms with Crippen LogP contribution in [0, 0.1) is 105 Å². The zero-order valence-electron chi connectivity index (χ0n) is 41.6. The van der Waals surface area contributed by atoms with Crippen molar-refractivity contribution in [1.29, 1.82) is 0 Å². The Morgan fingerprint density at radius 2 is 0.984 bits per heavy atom. The summed E-state index contributed by atoms with van der Waals surface area (Å²) in [6.07, 6.45) is 18.7. The van der Waals surface area contributed by atoms with Gasteiger partial charge in [-0.2, -0.15) is 0 Å². The molecule has 22 atom stereocenters. The molecule has 0 aromatic carbocycles. The summed E-state index contributed by atoms with van der Waals surface area (Å²) in [4.78, 5) is 22.7. The van der Waals surface area contributed by atoms with Crippen LogP contribution < -0.4 is 5.48 Å². The standard InChI is InChI=1S/C26H45NO4.C26H44O4.CH3F/c1-5-17-21-14-16(28)10-12-26(21,4)20-11-13-25(3)18(15(2)6-9-22(29)27-31)7-8-19(25)23(20)24(17)30;1-5-17-21-14-16(27)10-12-26(21,4)20-11-13-25(3)18(15(2)6-9-22(28)29)7-8-19(25)23(20)24(17)30;1-2/h15-21,23-24,28,30-31H,5-14H2,1-4H3,(H,27,29);15-21,23-24,27,30H,5-14H2,1-4H3,(H,28,29);1H3/t2*15-,16-,17-,18?,19?,20?,21+,23?,24-,25-,26-;/m11./s1/i;;1D. The monoisotopic (exact) mass is 891 g/mol. The number of amides is 1. The maximum absolute atomic E-state index is 11.7. The van der Waals surface area contributed by atoms with Gasteiger partial charge in [0.1, 0.15) is 0 Å². The van der Waals surface area contributed by atoms with Gasteiger partial charge in [0.15, 0.2) is 0 Å². The summed E-state index contributed by atoms with van der Waals surface area (Å²) >= 11 is 0. The van der Waals surface area contributed by atoms with Crippen molar-refractivity contribution in [2.75, 3.05) is 7.15 Å². The summed E-state index contributed by atoms with van der Waals surface area (Å²) in [7, 11) is -1.00. The minimum absolute atomic E-state index is 0.194. The van der Waals surface area contributed by atoms with Crippen LogP contribution in [0.5, 0.6) is 0 Å². The van der Waals surface area contributed by atoms with Gasteiger partial charge in [0.2, 0.25) is 5.91 Å². The number of aliphatic hydroxyl groups excluding tert-OH is 4. The van der Waals surface area contributed by atoms with E-state index >= 15 is 0 Å². The van der Waals surface area contributed by atoms with Crippen molar-refractivity contribution in [3.05, 3.63) is 0 Å². The van der Waals surface area contributed by atoms with Crippen molar-refractivity contribution in [2.24, 2.45) is 105 Å². The molecule has 8 saturated carbocycles. The van der Waals surface area contributed by atoms with Crippen molar-refractivity contribution in [3.63, 3.8) is 0 Å². The first kappa shape index (κ1) is 49.6. The Balaban J connectivity index is 0.000000200. The van der Waals surface area contributed by atoms with Gasteiger partial charge in [0.05, 0.1) is 32.9 Å². The molecule has 0 aliphatic heterocycles. The molecule has 7 N–H and O–H groups in total. The van der Waals surface area contributed by atoms with E-state index in [1.54, 1.807) is 5.48 Å². The molecule has 8 fully saturated rings. The van der Waals surface area contributed by atoms with Gasteiger partial charge in [-0.25, -0.2) is 5.48 Å². The maximum atomic E-state index is 11.7. The topological polar surface area (TPSA) is 168 Å². The van der Waals surface area contributed by atoms with Crippen molar-refractivity contribution in [3.8, 4) is 0 Å². The van der Waals surface area contributed by atoms with Crippen LogP contribution in [0.2, 0.25) is 0 Å². The maximum Gasteiger partial charge on any atom is 0.303 e. The van der Waals surface area contributed by atoms with E-state index in [2.05, 4.69) is 55.4 Å². The average Bonchev–Trinajstić information content (AvgIpc) is 3.80. The number of halogens is 1. The quantitative estimate of drug-likeness (QED) is 0.0841. The number of hydrogen-bond donors (Lipinski definition) is 7. The normalized spacial score (nSPS) is 49.5. The van der Waals surface area contributed by atoms with E-state index in [0.29, 0.717) is 89.3 Å². The van der Waals surface area contributed by atoms with Crippen LogP contribution in [0.1, 0.15) is 185 Å². The molecule has 9 nitrogen and oxygen atoms in total. The van der Waals surface area contributed by atoms with E-state index in [-0.39, 0.29) is 58.4 Å².